The highest BCUT2D eigenvalue weighted by Crippen LogP contribution is 2.47. The van der Waals surface area contributed by atoms with Gasteiger partial charge in [0.25, 0.3) is 0 Å². The lowest BCUT2D eigenvalue weighted by Gasteiger charge is -2.46. The van der Waals surface area contributed by atoms with Crippen molar-refractivity contribution in [2.24, 2.45) is 0 Å². The Morgan fingerprint density at radius 2 is 1.85 bits per heavy atom. The summed E-state index contributed by atoms with van der Waals surface area (Å²) in [5.74, 6) is 0.169. The first kappa shape index (κ1) is 31.4. The summed E-state index contributed by atoms with van der Waals surface area (Å²) in [5, 5.41) is 5.63. The fourth-order valence-electron chi connectivity index (χ4n) is 7.30. The Kier molecular flexibility index (Phi) is 8.57. The molecular weight excluding hydrogens is 612 g/mol. The van der Waals surface area contributed by atoms with Gasteiger partial charge in [-0.1, -0.05) is 18.7 Å². The van der Waals surface area contributed by atoms with Crippen LogP contribution in [0.25, 0.3) is 20.8 Å². The summed E-state index contributed by atoms with van der Waals surface area (Å²) in [6.07, 6.45) is 10.0. The zero-order valence-corrected chi connectivity index (χ0v) is 27.8. The molecule has 3 fully saturated rings. The second-order valence-corrected chi connectivity index (χ2v) is 14.9. The summed E-state index contributed by atoms with van der Waals surface area (Å²) in [5.41, 5.74) is 5.25. The molecule has 4 heterocycles. The number of urea groups is 1. The maximum atomic E-state index is 15.2. The van der Waals surface area contributed by atoms with Crippen LogP contribution in [0.4, 0.5) is 14.9 Å². The van der Waals surface area contributed by atoms with Crippen LogP contribution >= 0.6 is 11.3 Å². The molecule has 3 amide bonds. The number of piperazine rings is 1. The zero-order valence-electron chi connectivity index (χ0n) is 27.0. The smallest absolute Gasteiger partial charge is 0.319 e. The third-order valence-electron chi connectivity index (χ3n) is 9.83. The molecule has 8 nitrogen and oxygen atoms in total. The van der Waals surface area contributed by atoms with E-state index in [9.17, 15) is 9.59 Å². The fraction of sp³-hybridized carbons (Fsp3) is 0.405. The normalized spacial score (nSPS) is 21.1. The minimum Gasteiger partial charge on any atom is -0.335 e. The van der Waals surface area contributed by atoms with Crippen LogP contribution in [0.2, 0.25) is 0 Å². The molecule has 3 aliphatic rings. The highest BCUT2D eigenvalue weighted by Gasteiger charge is 2.36. The van der Waals surface area contributed by atoms with Gasteiger partial charge in [0.05, 0.1) is 26.3 Å². The SMILES string of the molecule is C=CC(=O)N1CCN(Cc2ccc(-c3cc4nccc(C5CCC(c6ccc(NC(=O)NC7CC7)cc6F)C5)c4s3)nc2)CC1(C)C. The summed E-state index contributed by atoms with van der Waals surface area (Å²) < 4.78 is 16.4. The molecule has 2 aliphatic carbocycles. The second-order valence-electron chi connectivity index (χ2n) is 13.8. The quantitative estimate of drug-likeness (QED) is 0.193. The van der Waals surface area contributed by atoms with E-state index in [1.165, 1.54) is 22.4 Å². The number of anilines is 1. The third kappa shape index (κ3) is 6.80. The molecule has 0 spiro atoms. The summed E-state index contributed by atoms with van der Waals surface area (Å²) in [6.45, 7) is 10.9. The van der Waals surface area contributed by atoms with Gasteiger partial charge in [-0.15, -0.1) is 11.3 Å². The number of carbonyl (C=O) groups is 2. The van der Waals surface area contributed by atoms with Crippen molar-refractivity contribution in [1.82, 2.24) is 25.1 Å². The Morgan fingerprint density at radius 3 is 2.55 bits per heavy atom. The van der Waals surface area contributed by atoms with Crippen molar-refractivity contribution in [3.8, 4) is 10.6 Å². The van der Waals surface area contributed by atoms with Crippen LogP contribution in [-0.2, 0) is 11.3 Å². The van der Waals surface area contributed by atoms with Gasteiger partial charge < -0.3 is 15.5 Å². The van der Waals surface area contributed by atoms with Gasteiger partial charge in [0.2, 0.25) is 5.91 Å². The first-order chi connectivity index (χ1) is 22.7. The lowest BCUT2D eigenvalue weighted by Crippen LogP contribution is -2.60. The molecule has 7 rings (SSSR count). The molecule has 10 heteroatoms. The number of fused-ring (bicyclic) bond motifs is 1. The van der Waals surface area contributed by atoms with Gasteiger partial charge in [-0.2, -0.15) is 0 Å². The number of nitrogens with one attached hydrogen (secondary N) is 2. The van der Waals surface area contributed by atoms with Crippen LogP contribution in [0.15, 0.2) is 67.5 Å². The average Bonchev–Trinajstić information content (AvgIpc) is 3.53. The van der Waals surface area contributed by atoms with Gasteiger partial charge in [0.1, 0.15) is 5.82 Å². The topological polar surface area (TPSA) is 90.5 Å². The predicted octanol–water partition coefficient (Wildman–Crippen LogP) is 7.44. The Hall–Kier alpha value is -4.15. The first-order valence-corrected chi connectivity index (χ1v) is 17.4. The number of hydrogen-bond donors (Lipinski definition) is 2. The number of carbonyl (C=O) groups excluding carboxylic acids is 2. The molecule has 1 saturated heterocycles. The molecule has 0 radical (unpaired) electrons. The van der Waals surface area contributed by atoms with Gasteiger partial charge in [-0.05, 0) is 111 Å². The molecule has 1 aliphatic heterocycles. The number of pyridine rings is 2. The van der Waals surface area contributed by atoms with Crippen molar-refractivity contribution in [2.45, 2.75) is 75.9 Å². The molecule has 2 saturated carbocycles. The molecule has 4 aromatic rings. The third-order valence-corrected chi connectivity index (χ3v) is 11.0. The minimum absolute atomic E-state index is 0.0157. The number of benzene rings is 1. The van der Waals surface area contributed by atoms with Gasteiger partial charge in [-0.25, -0.2) is 9.18 Å². The number of hydrogen-bond acceptors (Lipinski definition) is 6. The van der Waals surface area contributed by atoms with Gasteiger partial charge in [0.15, 0.2) is 0 Å². The molecule has 3 aromatic heterocycles. The fourth-order valence-corrected chi connectivity index (χ4v) is 8.48. The first-order valence-electron chi connectivity index (χ1n) is 16.5. The molecule has 0 bridgehead atoms. The molecule has 2 unspecified atom stereocenters. The maximum absolute atomic E-state index is 15.2. The van der Waals surface area contributed by atoms with E-state index < -0.39 is 0 Å². The van der Waals surface area contributed by atoms with Crippen molar-refractivity contribution < 1.29 is 14.0 Å². The van der Waals surface area contributed by atoms with E-state index in [2.05, 4.69) is 65.2 Å². The summed E-state index contributed by atoms with van der Waals surface area (Å²) in [6, 6.07) is 13.5. The van der Waals surface area contributed by atoms with Crippen molar-refractivity contribution in [3.63, 3.8) is 0 Å². The van der Waals surface area contributed by atoms with Gasteiger partial charge in [-0.3, -0.25) is 19.7 Å². The second kappa shape index (κ2) is 12.8. The summed E-state index contributed by atoms with van der Waals surface area (Å²) >= 11 is 1.73. The number of amides is 3. The Morgan fingerprint density at radius 1 is 1.04 bits per heavy atom. The van der Waals surface area contributed by atoms with E-state index in [0.29, 0.717) is 18.2 Å². The Bertz CT molecular complexity index is 1820. The Labute approximate surface area is 279 Å². The van der Waals surface area contributed by atoms with E-state index in [0.717, 1.165) is 79.0 Å². The lowest BCUT2D eigenvalue weighted by molar-refractivity contribution is -0.135. The molecule has 47 heavy (non-hydrogen) atoms. The molecule has 2 N–H and O–H groups in total. The van der Waals surface area contributed by atoms with Crippen LogP contribution < -0.4 is 10.6 Å². The Balaban J connectivity index is 1.01. The molecule has 2 atom stereocenters. The summed E-state index contributed by atoms with van der Waals surface area (Å²) in [7, 11) is 0. The largest absolute Gasteiger partial charge is 0.335 e. The van der Waals surface area contributed by atoms with E-state index in [1.54, 1.807) is 17.4 Å². The van der Waals surface area contributed by atoms with Crippen LogP contribution in [-0.4, -0.2) is 62.9 Å². The van der Waals surface area contributed by atoms with E-state index in [4.69, 9.17) is 4.98 Å². The van der Waals surface area contributed by atoms with E-state index >= 15 is 4.39 Å². The standard InChI is InChI=1S/C37H41FN6O2S/c1-4-34(45)44-16-15-43(22-37(44,2)3)21-23-5-12-31(40-20-23)33-19-32-35(47-33)29(13-14-39-32)25-7-6-24(17-25)28-11-10-27(18-30(28)38)42-36(46)41-26-8-9-26/h4-5,10-14,18-20,24-26H,1,6-9,15-17,21-22H2,2-3H3,(H2,41,42,46). The number of nitrogens with zero attached hydrogens (tertiary/aromatic N) is 4. The predicted molar refractivity (Wildman–Crippen MR) is 185 cm³/mol. The van der Waals surface area contributed by atoms with Crippen molar-refractivity contribution in [2.75, 3.05) is 25.0 Å². The highest BCUT2D eigenvalue weighted by molar-refractivity contribution is 7.22. The van der Waals surface area contributed by atoms with Crippen LogP contribution in [0, 0.1) is 5.82 Å². The number of aromatic nitrogens is 2. The minimum atomic E-state index is -0.277. The average molecular weight is 653 g/mol. The molecule has 244 valence electrons. The number of rotatable bonds is 8. The summed E-state index contributed by atoms with van der Waals surface area (Å²) in [4.78, 5) is 39.2. The highest BCUT2D eigenvalue weighted by atomic mass is 32.1. The lowest BCUT2D eigenvalue weighted by atomic mass is 9.93. The van der Waals surface area contributed by atoms with Crippen molar-refractivity contribution >= 4 is 39.2 Å². The van der Waals surface area contributed by atoms with E-state index in [-0.39, 0.29) is 35.3 Å². The van der Waals surface area contributed by atoms with Crippen LogP contribution in [0.1, 0.15) is 74.5 Å². The van der Waals surface area contributed by atoms with Crippen molar-refractivity contribution in [3.05, 3.63) is 90.0 Å². The van der Waals surface area contributed by atoms with E-state index in [1.807, 2.05) is 23.4 Å². The molecule has 1 aromatic carbocycles. The number of halogens is 1. The zero-order chi connectivity index (χ0) is 32.7. The van der Waals surface area contributed by atoms with Gasteiger partial charge in [0, 0.05) is 50.3 Å². The molecular formula is C37H41FN6O2S. The van der Waals surface area contributed by atoms with Crippen LogP contribution in [0.5, 0.6) is 0 Å². The van der Waals surface area contributed by atoms with Gasteiger partial charge >= 0.3 is 6.03 Å². The monoisotopic (exact) mass is 652 g/mol. The number of thiophene rings is 1. The maximum Gasteiger partial charge on any atom is 0.319 e. The van der Waals surface area contributed by atoms with Crippen LogP contribution in [0.3, 0.4) is 0 Å². The van der Waals surface area contributed by atoms with Crippen molar-refractivity contribution in [1.29, 1.82) is 0 Å².